The molecule has 20 heavy (non-hydrogen) atoms. The van der Waals surface area contributed by atoms with E-state index in [1.807, 2.05) is 0 Å². The fraction of sp³-hybridized carbons (Fsp3) is 0.667. The molecular formula is C12H28Cl4N4. The minimum Gasteiger partial charge on any atom is -0.326 e. The smallest absolute Gasteiger partial charge is 0.0230 e. The molecule has 8 heteroatoms. The summed E-state index contributed by atoms with van der Waals surface area (Å²) in [6.45, 7) is 0. The van der Waals surface area contributed by atoms with Gasteiger partial charge in [-0.1, -0.05) is 24.3 Å². The molecule has 4 nitrogen and oxygen atoms in total. The molecule has 8 N–H and O–H groups in total. The maximum absolute atomic E-state index is 5.60. The zero-order chi connectivity index (χ0) is 12.0. The van der Waals surface area contributed by atoms with Crippen molar-refractivity contribution in [2.24, 2.45) is 22.9 Å². The second-order valence-corrected chi connectivity index (χ2v) is 4.54. The minimum atomic E-state index is 0. The van der Waals surface area contributed by atoms with E-state index in [4.69, 9.17) is 22.9 Å². The van der Waals surface area contributed by atoms with Crippen LogP contribution in [0.25, 0.3) is 0 Å². The molecule has 0 radical (unpaired) electrons. The van der Waals surface area contributed by atoms with Crippen molar-refractivity contribution in [2.45, 2.75) is 49.9 Å². The van der Waals surface area contributed by atoms with Gasteiger partial charge in [-0.25, -0.2) is 0 Å². The van der Waals surface area contributed by atoms with Crippen LogP contribution in [0.3, 0.4) is 0 Å². The lowest BCUT2D eigenvalue weighted by molar-refractivity contribution is 0.516. The average molecular weight is 370 g/mol. The van der Waals surface area contributed by atoms with Crippen LogP contribution in [-0.4, -0.2) is 24.2 Å². The first-order valence-electron chi connectivity index (χ1n) is 5.93. The van der Waals surface area contributed by atoms with Gasteiger partial charge in [-0.2, -0.15) is 0 Å². The molecule has 2 rings (SSSR count). The van der Waals surface area contributed by atoms with E-state index in [0.29, 0.717) is 0 Å². The Morgan fingerprint density at radius 2 is 0.600 bits per heavy atom. The molecule has 0 amide bonds. The average Bonchev–Trinajstić information content (AvgIpc) is 2.28. The van der Waals surface area contributed by atoms with E-state index in [1.54, 1.807) is 0 Å². The molecular weight excluding hydrogens is 342 g/mol. The molecule has 0 aromatic heterocycles. The summed E-state index contributed by atoms with van der Waals surface area (Å²) in [6, 6.07) is 0.778. The number of hydrogen-bond acceptors (Lipinski definition) is 4. The van der Waals surface area contributed by atoms with Crippen LogP contribution in [0, 0.1) is 0 Å². The Morgan fingerprint density at radius 1 is 0.450 bits per heavy atom. The van der Waals surface area contributed by atoms with Gasteiger partial charge in [-0.3, -0.25) is 0 Å². The Hall–Kier alpha value is 0.480. The van der Waals surface area contributed by atoms with Gasteiger partial charge >= 0.3 is 0 Å². The predicted octanol–water partition coefficient (Wildman–Crippen LogP) is 1.67. The Labute approximate surface area is 146 Å². The van der Waals surface area contributed by atoms with E-state index in [-0.39, 0.29) is 73.8 Å². The summed E-state index contributed by atoms with van der Waals surface area (Å²) in [5, 5.41) is 0. The van der Waals surface area contributed by atoms with E-state index in [2.05, 4.69) is 24.3 Å². The van der Waals surface area contributed by atoms with Gasteiger partial charge in [0.2, 0.25) is 0 Å². The van der Waals surface area contributed by atoms with E-state index in [9.17, 15) is 0 Å². The predicted molar refractivity (Wildman–Crippen MR) is 97.6 cm³/mol. The summed E-state index contributed by atoms with van der Waals surface area (Å²) < 4.78 is 0. The molecule has 124 valence electrons. The Morgan fingerprint density at radius 3 is 0.700 bits per heavy atom. The van der Waals surface area contributed by atoms with Gasteiger partial charge in [0, 0.05) is 24.2 Å². The first-order valence-corrected chi connectivity index (χ1v) is 5.93. The topological polar surface area (TPSA) is 104 Å². The third kappa shape index (κ3) is 11.2. The van der Waals surface area contributed by atoms with Gasteiger partial charge in [0.15, 0.2) is 0 Å². The lowest BCUT2D eigenvalue weighted by Gasteiger charge is -2.19. The molecule has 4 atom stereocenters. The molecule has 0 saturated heterocycles. The standard InChI is InChI=1S/2C6H12N2.4ClH/c2*7-5-3-1-2-4-6(5)8;;;;/h2*1-2,5-6H,3-4,7-8H2;4*1H/t2*5-,6-;;;;/m10..../s1. The van der Waals surface area contributed by atoms with E-state index in [1.165, 1.54) is 0 Å². The third-order valence-corrected chi connectivity index (χ3v) is 3.07. The molecule has 0 bridgehead atoms. The second-order valence-electron chi connectivity index (χ2n) is 4.54. The zero-order valence-electron chi connectivity index (χ0n) is 11.4. The van der Waals surface area contributed by atoms with Gasteiger partial charge in [0.25, 0.3) is 0 Å². The first kappa shape index (κ1) is 28.6. The van der Waals surface area contributed by atoms with Crippen molar-refractivity contribution in [3.05, 3.63) is 24.3 Å². The maximum atomic E-state index is 5.60. The maximum Gasteiger partial charge on any atom is 0.0230 e. The minimum absolute atomic E-state index is 0. The van der Waals surface area contributed by atoms with Gasteiger partial charge in [-0.05, 0) is 25.7 Å². The third-order valence-electron chi connectivity index (χ3n) is 3.07. The highest BCUT2D eigenvalue weighted by Crippen LogP contribution is 2.07. The highest BCUT2D eigenvalue weighted by Gasteiger charge is 2.13. The molecule has 0 aliphatic heterocycles. The van der Waals surface area contributed by atoms with Crippen LogP contribution in [-0.2, 0) is 0 Å². The highest BCUT2D eigenvalue weighted by molar-refractivity contribution is 5.86. The Kier molecular flexibility index (Phi) is 22.7. The first-order chi connectivity index (χ1) is 7.61. The number of hydrogen-bond donors (Lipinski definition) is 4. The van der Waals surface area contributed by atoms with Crippen LogP contribution in [0.2, 0.25) is 0 Å². The molecule has 0 spiro atoms. The fourth-order valence-electron chi connectivity index (χ4n) is 1.71. The summed E-state index contributed by atoms with van der Waals surface area (Å²) >= 11 is 0. The molecule has 0 fully saturated rings. The summed E-state index contributed by atoms with van der Waals surface area (Å²) in [5.41, 5.74) is 22.4. The van der Waals surface area contributed by atoms with E-state index < -0.39 is 0 Å². The largest absolute Gasteiger partial charge is 0.326 e. The van der Waals surface area contributed by atoms with Crippen LogP contribution < -0.4 is 22.9 Å². The number of rotatable bonds is 0. The molecule has 0 aromatic rings. The lowest BCUT2D eigenvalue weighted by Crippen LogP contribution is -2.41. The van der Waals surface area contributed by atoms with Crippen molar-refractivity contribution in [2.75, 3.05) is 0 Å². The molecule has 0 aromatic carbocycles. The molecule has 0 unspecified atom stereocenters. The summed E-state index contributed by atoms with van der Waals surface area (Å²) in [5.74, 6) is 0. The number of nitrogens with two attached hydrogens (primary N) is 4. The highest BCUT2D eigenvalue weighted by atomic mass is 35.5. The van der Waals surface area contributed by atoms with Crippen LogP contribution in [0.15, 0.2) is 24.3 Å². The van der Waals surface area contributed by atoms with Crippen LogP contribution in [0.4, 0.5) is 0 Å². The molecule has 0 saturated carbocycles. The van der Waals surface area contributed by atoms with Crippen molar-refractivity contribution in [1.82, 2.24) is 0 Å². The van der Waals surface area contributed by atoms with Gasteiger partial charge in [0.05, 0.1) is 0 Å². The Bertz CT molecular complexity index is 214. The van der Waals surface area contributed by atoms with Crippen LogP contribution >= 0.6 is 49.6 Å². The van der Waals surface area contributed by atoms with Crippen molar-refractivity contribution < 1.29 is 0 Å². The Balaban J connectivity index is -0.000000107. The monoisotopic (exact) mass is 368 g/mol. The fourth-order valence-corrected chi connectivity index (χ4v) is 1.71. The van der Waals surface area contributed by atoms with Gasteiger partial charge in [-0.15, -0.1) is 49.6 Å². The van der Waals surface area contributed by atoms with Crippen molar-refractivity contribution in [1.29, 1.82) is 0 Å². The summed E-state index contributed by atoms with van der Waals surface area (Å²) in [6.07, 6.45) is 12.1. The SMILES string of the molecule is Cl.Cl.Cl.Cl.N[C@@H]1CC=CC[C@H]1N.N[C@H]1CC=CC[C@@H]1N. The van der Waals surface area contributed by atoms with Crippen molar-refractivity contribution >= 4 is 49.6 Å². The number of halogens is 4. The normalized spacial score (nSPS) is 30.2. The van der Waals surface area contributed by atoms with Gasteiger partial charge in [0.1, 0.15) is 0 Å². The van der Waals surface area contributed by atoms with Crippen LogP contribution in [0.5, 0.6) is 0 Å². The van der Waals surface area contributed by atoms with Crippen LogP contribution in [0.1, 0.15) is 25.7 Å². The van der Waals surface area contributed by atoms with Gasteiger partial charge < -0.3 is 22.9 Å². The quantitative estimate of drug-likeness (QED) is 0.487. The molecule has 2 aliphatic carbocycles. The van der Waals surface area contributed by atoms with Crippen molar-refractivity contribution in [3.8, 4) is 0 Å². The molecule has 0 heterocycles. The molecule has 2 aliphatic rings. The second kappa shape index (κ2) is 15.9. The zero-order valence-corrected chi connectivity index (χ0v) is 14.7. The summed E-state index contributed by atoms with van der Waals surface area (Å²) in [4.78, 5) is 0. The summed E-state index contributed by atoms with van der Waals surface area (Å²) in [7, 11) is 0. The van der Waals surface area contributed by atoms with Crippen molar-refractivity contribution in [3.63, 3.8) is 0 Å². The van der Waals surface area contributed by atoms with E-state index >= 15 is 0 Å². The lowest BCUT2D eigenvalue weighted by atomic mass is 9.98. The van der Waals surface area contributed by atoms with E-state index in [0.717, 1.165) is 25.7 Å².